The number of amides is 1. The Bertz CT molecular complexity index is 374. The van der Waals surface area contributed by atoms with Gasteiger partial charge >= 0.3 is 0 Å². The van der Waals surface area contributed by atoms with Crippen LogP contribution < -0.4 is 10.6 Å². The van der Waals surface area contributed by atoms with Crippen molar-refractivity contribution in [2.75, 3.05) is 12.4 Å². The quantitative estimate of drug-likeness (QED) is 0.809. The summed E-state index contributed by atoms with van der Waals surface area (Å²) in [6, 6.07) is 3.96. The van der Waals surface area contributed by atoms with Crippen molar-refractivity contribution in [3.05, 3.63) is 24.0 Å². The summed E-state index contributed by atoms with van der Waals surface area (Å²) in [5.41, 5.74) is 1.40. The summed E-state index contributed by atoms with van der Waals surface area (Å²) in [5.74, 6) is 0.601. The van der Waals surface area contributed by atoms with Crippen LogP contribution in [0, 0.1) is 5.92 Å². The van der Waals surface area contributed by atoms with Crippen LogP contribution >= 0.6 is 0 Å². The third-order valence-electron chi connectivity index (χ3n) is 3.05. The Balaban J connectivity index is 1.93. The molecule has 1 aliphatic rings. The number of rotatable bonds is 4. The molecule has 0 radical (unpaired) electrons. The highest BCUT2D eigenvalue weighted by Gasteiger charge is 2.36. The van der Waals surface area contributed by atoms with Crippen LogP contribution in [0.25, 0.3) is 0 Å². The van der Waals surface area contributed by atoms with Gasteiger partial charge in [0.15, 0.2) is 0 Å². The molecule has 1 aromatic rings. The van der Waals surface area contributed by atoms with Crippen molar-refractivity contribution in [3.8, 4) is 0 Å². The zero-order valence-corrected chi connectivity index (χ0v) is 9.66. The molecule has 4 heteroatoms. The summed E-state index contributed by atoms with van der Waals surface area (Å²) in [7, 11) is 1.83. The number of carbonyl (C=O) groups is 1. The second kappa shape index (κ2) is 4.51. The zero-order chi connectivity index (χ0) is 11.5. The first kappa shape index (κ1) is 10.9. The van der Waals surface area contributed by atoms with Crippen molar-refractivity contribution in [2.45, 2.75) is 25.8 Å². The maximum Gasteiger partial charge on any atom is 0.270 e. The number of pyridine rings is 1. The summed E-state index contributed by atoms with van der Waals surface area (Å²) >= 11 is 0. The fraction of sp³-hybridized carbons (Fsp3) is 0.500. The molecule has 2 unspecified atom stereocenters. The molecule has 0 aliphatic heterocycles. The first-order chi connectivity index (χ1) is 7.74. The maximum atomic E-state index is 11.8. The van der Waals surface area contributed by atoms with Crippen LogP contribution in [0.5, 0.6) is 0 Å². The third-order valence-corrected chi connectivity index (χ3v) is 3.05. The summed E-state index contributed by atoms with van der Waals surface area (Å²) in [6.45, 7) is 2.15. The van der Waals surface area contributed by atoms with Crippen LogP contribution in [-0.2, 0) is 0 Å². The molecule has 1 aliphatic carbocycles. The molecule has 1 amide bonds. The minimum atomic E-state index is -0.0661. The van der Waals surface area contributed by atoms with Crippen molar-refractivity contribution in [2.24, 2.45) is 5.92 Å². The highest BCUT2D eigenvalue weighted by molar-refractivity contribution is 5.92. The van der Waals surface area contributed by atoms with E-state index in [9.17, 15) is 4.79 Å². The second-order valence-electron chi connectivity index (χ2n) is 4.17. The normalized spacial score (nSPS) is 22.6. The van der Waals surface area contributed by atoms with Gasteiger partial charge < -0.3 is 10.6 Å². The van der Waals surface area contributed by atoms with E-state index in [1.807, 2.05) is 13.1 Å². The molecule has 2 atom stereocenters. The summed E-state index contributed by atoms with van der Waals surface area (Å²) in [5, 5.41) is 5.95. The van der Waals surface area contributed by atoms with Crippen molar-refractivity contribution >= 4 is 11.6 Å². The van der Waals surface area contributed by atoms with Gasteiger partial charge in [0.25, 0.3) is 5.91 Å². The van der Waals surface area contributed by atoms with Crippen LogP contribution in [0.3, 0.4) is 0 Å². The molecule has 86 valence electrons. The van der Waals surface area contributed by atoms with Crippen LogP contribution in [0.2, 0.25) is 0 Å². The number of nitrogens with zero attached hydrogens (tertiary/aromatic N) is 1. The van der Waals surface area contributed by atoms with E-state index in [0.29, 0.717) is 17.7 Å². The molecule has 2 N–H and O–H groups in total. The average molecular weight is 219 g/mol. The van der Waals surface area contributed by atoms with Gasteiger partial charge in [-0.3, -0.25) is 4.79 Å². The van der Waals surface area contributed by atoms with Crippen LogP contribution in [0.15, 0.2) is 18.3 Å². The van der Waals surface area contributed by atoms with Crippen molar-refractivity contribution in [3.63, 3.8) is 0 Å². The molecule has 1 saturated carbocycles. The molecule has 1 aromatic heterocycles. The molecule has 1 heterocycles. The van der Waals surface area contributed by atoms with E-state index >= 15 is 0 Å². The van der Waals surface area contributed by atoms with Crippen molar-refractivity contribution in [1.29, 1.82) is 0 Å². The summed E-state index contributed by atoms with van der Waals surface area (Å²) in [4.78, 5) is 15.9. The Morgan fingerprint density at radius 1 is 1.56 bits per heavy atom. The predicted molar refractivity (Wildman–Crippen MR) is 63.4 cm³/mol. The average Bonchev–Trinajstić information content (AvgIpc) is 3.07. The number of anilines is 1. The SMILES string of the molecule is CCC1CC1NC(=O)c1ccc(NC)cn1. The lowest BCUT2D eigenvalue weighted by Crippen LogP contribution is -2.27. The molecule has 4 nitrogen and oxygen atoms in total. The molecule has 16 heavy (non-hydrogen) atoms. The van der Waals surface area contributed by atoms with Crippen molar-refractivity contribution < 1.29 is 4.79 Å². The number of hydrogen-bond acceptors (Lipinski definition) is 3. The first-order valence-corrected chi connectivity index (χ1v) is 5.69. The van der Waals surface area contributed by atoms with Gasteiger partial charge in [0.05, 0.1) is 11.9 Å². The highest BCUT2D eigenvalue weighted by Crippen LogP contribution is 2.33. The molecule has 2 rings (SSSR count). The molecule has 0 aromatic carbocycles. The van der Waals surface area contributed by atoms with Gasteiger partial charge in [-0.1, -0.05) is 13.3 Å². The highest BCUT2D eigenvalue weighted by atomic mass is 16.2. The maximum absolute atomic E-state index is 11.8. The van der Waals surface area contributed by atoms with Gasteiger partial charge in [-0.05, 0) is 24.5 Å². The Morgan fingerprint density at radius 3 is 2.88 bits per heavy atom. The number of hydrogen-bond donors (Lipinski definition) is 2. The van der Waals surface area contributed by atoms with Gasteiger partial charge in [-0.25, -0.2) is 4.98 Å². The van der Waals surface area contributed by atoms with Gasteiger partial charge in [-0.2, -0.15) is 0 Å². The lowest BCUT2D eigenvalue weighted by molar-refractivity contribution is 0.0944. The first-order valence-electron chi connectivity index (χ1n) is 5.69. The van der Waals surface area contributed by atoms with Crippen LogP contribution in [0.1, 0.15) is 30.3 Å². The number of nitrogens with one attached hydrogen (secondary N) is 2. The number of carbonyl (C=O) groups excluding carboxylic acids is 1. The van der Waals surface area contributed by atoms with E-state index < -0.39 is 0 Å². The van der Waals surface area contributed by atoms with Gasteiger partial charge in [-0.15, -0.1) is 0 Å². The standard InChI is InChI=1S/C12H17N3O/c1-3-8-6-11(8)15-12(16)10-5-4-9(13-2)7-14-10/h4-5,7-8,11,13H,3,6H2,1-2H3,(H,15,16). The second-order valence-corrected chi connectivity index (χ2v) is 4.17. The molecule has 0 bridgehead atoms. The largest absolute Gasteiger partial charge is 0.387 e. The zero-order valence-electron chi connectivity index (χ0n) is 9.66. The van der Waals surface area contributed by atoms with E-state index in [0.717, 1.165) is 18.5 Å². The van der Waals surface area contributed by atoms with Crippen LogP contribution in [-0.4, -0.2) is 24.0 Å². The van der Waals surface area contributed by atoms with Crippen molar-refractivity contribution in [1.82, 2.24) is 10.3 Å². The lowest BCUT2D eigenvalue weighted by atomic mass is 10.3. The molecular formula is C12H17N3O. The molecule has 0 saturated heterocycles. The summed E-state index contributed by atoms with van der Waals surface area (Å²) in [6.07, 6.45) is 3.91. The van der Waals surface area contributed by atoms with Crippen LogP contribution in [0.4, 0.5) is 5.69 Å². The van der Waals surface area contributed by atoms with Gasteiger partial charge in [0.1, 0.15) is 5.69 Å². The van der Waals surface area contributed by atoms with Gasteiger partial charge in [0.2, 0.25) is 0 Å². The Kier molecular flexibility index (Phi) is 3.08. The molecular weight excluding hydrogens is 202 g/mol. The topological polar surface area (TPSA) is 54.0 Å². The van der Waals surface area contributed by atoms with Gasteiger partial charge in [0, 0.05) is 13.1 Å². The Hall–Kier alpha value is -1.58. The third kappa shape index (κ3) is 2.32. The van der Waals surface area contributed by atoms with E-state index in [-0.39, 0.29) is 5.91 Å². The fourth-order valence-electron chi connectivity index (χ4n) is 1.79. The lowest BCUT2D eigenvalue weighted by Gasteiger charge is -2.04. The van der Waals surface area contributed by atoms with E-state index in [2.05, 4.69) is 22.5 Å². The van der Waals surface area contributed by atoms with E-state index in [1.54, 1.807) is 12.3 Å². The predicted octanol–water partition coefficient (Wildman–Crippen LogP) is 1.65. The Labute approximate surface area is 95.5 Å². The molecule has 1 fully saturated rings. The molecule has 0 spiro atoms. The van der Waals surface area contributed by atoms with E-state index in [4.69, 9.17) is 0 Å². The number of aromatic nitrogens is 1. The monoisotopic (exact) mass is 219 g/mol. The summed E-state index contributed by atoms with van der Waals surface area (Å²) < 4.78 is 0. The van der Waals surface area contributed by atoms with E-state index in [1.165, 1.54) is 0 Å². The minimum Gasteiger partial charge on any atom is -0.387 e. The smallest absolute Gasteiger partial charge is 0.270 e. The minimum absolute atomic E-state index is 0.0661. The Morgan fingerprint density at radius 2 is 2.38 bits per heavy atom. The fourth-order valence-corrected chi connectivity index (χ4v) is 1.79.